The van der Waals surface area contributed by atoms with Crippen LogP contribution in [0.5, 0.6) is 5.75 Å². The fraction of sp³-hybridized carbons (Fsp3) is 0.304. The molecular formula is C23H27N3O2. The maximum atomic E-state index is 12.4. The van der Waals surface area contributed by atoms with E-state index in [0.717, 1.165) is 28.3 Å². The van der Waals surface area contributed by atoms with Gasteiger partial charge in [0.15, 0.2) is 0 Å². The van der Waals surface area contributed by atoms with E-state index in [1.165, 1.54) is 0 Å². The van der Waals surface area contributed by atoms with Gasteiger partial charge in [0, 0.05) is 17.8 Å². The van der Waals surface area contributed by atoms with Gasteiger partial charge in [-0.15, -0.1) is 0 Å². The number of hydrogen-bond donors (Lipinski definition) is 1. The smallest absolute Gasteiger partial charge is 0.251 e. The first-order valence-electron chi connectivity index (χ1n) is 9.54. The summed E-state index contributed by atoms with van der Waals surface area (Å²) in [4.78, 5) is 12.4. The molecule has 0 saturated heterocycles. The van der Waals surface area contributed by atoms with E-state index < -0.39 is 0 Å². The molecule has 1 heterocycles. The standard InChI is InChI=1S/C23H27N3O2/c1-16(2)28-22-7-5-6-20(13-22)14-24-23(27)21-10-8-19(9-11-21)15-26-18(4)12-17(3)25-26/h5-13,16H,14-15H2,1-4H3,(H,24,27). The summed E-state index contributed by atoms with van der Waals surface area (Å²) in [6.07, 6.45) is 0.123. The van der Waals surface area contributed by atoms with E-state index in [-0.39, 0.29) is 12.0 Å². The molecule has 3 aromatic rings. The first-order valence-corrected chi connectivity index (χ1v) is 9.54. The predicted molar refractivity (Wildman–Crippen MR) is 111 cm³/mol. The predicted octanol–water partition coefficient (Wildman–Crippen LogP) is 4.27. The number of carbonyl (C=O) groups excluding carboxylic acids is 1. The lowest BCUT2D eigenvalue weighted by Crippen LogP contribution is -2.22. The van der Waals surface area contributed by atoms with Crippen LogP contribution < -0.4 is 10.1 Å². The Morgan fingerprint density at radius 1 is 1.07 bits per heavy atom. The van der Waals surface area contributed by atoms with Crippen molar-refractivity contribution < 1.29 is 9.53 Å². The fourth-order valence-electron chi connectivity index (χ4n) is 3.05. The van der Waals surface area contributed by atoms with Gasteiger partial charge in [0.05, 0.1) is 18.3 Å². The minimum atomic E-state index is -0.0900. The molecule has 146 valence electrons. The van der Waals surface area contributed by atoms with Gasteiger partial charge in [0.25, 0.3) is 5.91 Å². The minimum absolute atomic E-state index is 0.0900. The van der Waals surface area contributed by atoms with Gasteiger partial charge in [-0.2, -0.15) is 5.10 Å². The number of aryl methyl sites for hydroxylation is 2. The highest BCUT2D eigenvalue weighted by atomic mass is 16.5. The Labute approximate surface area is 166 Å². The summed E-state index contributed by atoms with van der Waals surface area (Å²) >= 11 is 0. The molecule has 0 saturated carbocycles. The van der Waals surface area contributed by atoms with Crippen LogP contribution in [0.3, 0.4) is 0 Å². The van der Waals surface area contributed by atoms with Crippen LogP contribution in [-0.4, -0.2) is 21.8 Å². The fourth-order valence-corrected chi connectivity index (χ4v) is 3.05. The summed E-state index contributed by atoms with van der Waals surface area (Å²) in [5, 5.41) is 7.44. The summed E-state index contributed by atoms with van der Waals surface area (Å²) < 4.78 is 7.67. The minimum Gasteiger partial charge on any atom is -0.491 e. The van der Waals surface area contributed by atoms with Gasteiger partial charge in [-0.05, 0) is 69.2 Å². The molecule has 2 aromatic carbocycles. The van der Waals surface area contributed by atoms with Gasteiger partial charge in [-0.25, -0.2) is 0 Å². The van der Waals surface area contributed by atoms with Crippen molar-refractivity contribution in [3.05, 3.63) is 82.7 Å². The highest BCUT2D eigenvalue weighted by molar-refractivity contribution is 5.94. The number of nitrogens with one attached hydrogen (secondary N) is 1. The molecule has 0 aliphatic heterocycles. The Hall–Kier alpha value is -3.08. The van der Waals surface area contributed by atoms with E-state index in [2.05, 4.69) is 16.5 Å². The van der Waals surface area contributed by atoms with Crippen molar-refractivity contribution in [3.8, 4) is 5.75 Å². The Morgan fingerprint density at radius 3 is 2.46 bits per heavy atom. The van der Waals surface area contributed by atoms with Gasteiger partial charge in [-0.1, -0.05) is 24.3 Å². The van der Waals surface area contributed by atoms with Gasteiger partial charge in [0.1, 0.15) is 5.75 Å². The zero-order valence-corrected chi connectivity index (χ0v) is 16.9. The third-order valence-electron chi connectivity index (χ3n) is 4.38. The molecule has 3 rings (SSSR count). The zero-order valence-electron chi connectivity index (χ0n) is 16.9. The van der Waals surface area contributed by atoms with Gasteiger partial charge in [0.2, 0.25) is 0 Å². The summed E-state index contributed by atoms with van der Waals surface area (Å²) in [6, 6.07) is 17.5. The third kappa shape index (κ3) is 5.22. The van der Waals surface area contributed by atoms with Crippen LogP contribution in [0.2, 0.25) is 0 Å². The second kappa shape index (κ2) is 8.74. The first-order chi connectivity index (χ1) is 13.4. The van der Waals surface area contributed by atoms with Crippen LogP contribution in [0.4, 0.5) is 0 Å². The van der Waals surface area contributed by atoms with Crippen LogP contribution in [0, 0.1) is 13.8 Å². The lowest BCUT2D eigenvalue weighted by Gasteiger charge is -2.11. The Kier molecular flexibility index (Phi) is 6.14. The first kappa shape index (κ1) is 19.7. The second-order valence-corrected chi connectivity index (χ2v) is 7.28. The molecule has 0 radical (unpaired) electrons. The molecule has 0 spiro atoms. The lowest BCUT2D eigenvalue weighted by molar-refractivity contribution is 0.0951. The number of carbonyl (C=O) groups is 1. The van der Waals surface area contributed by atoms with E-state index in [9.17, 15) is 4.79 Å². The van der Waals surface area contributed by atoms with E-state index in [1.54, 1.807) is 0 Å². The van der Waals surface area contributed by atoms with Crippen LogP contribution in [0.1, 0.15) is 46.7 Å². The molecule has 1 N–H and O–H groups in total. The lowest BCUT2D eigenvalue weighted by atomic mass is 10.1. The number of benzene rings is 2. The molecule has 5 heteroatoms. The highest BCUT2D eigenvalue weighted by Crippen LogP contribution is 2.15. The maximum Gasteiger partial charge on any atom is 0.251 e. The number of amides is 1. The van der Waals surface area contributed by atoms with Crippen LogP contribution in [0.15, 0.2) is 54.6 Å². The Bertz CT molecular complexity index is 943. The van der Waals surface area contributed by atoms with Crippen molar-refractivity contribution in [1.29, 1.82) is 0 Å². The largest absolute Gasteiger partial charge is 0.491 e. The topological polar surface area (TPSA) is 56.2 Å². The number of hydrogen-bond acceptors (Lipinski definition) is 3. The summed E-state index contributed by atoms with van der Waals surface area (Å²) in [5.41, 5.74) is 4.90. The van der Waals surface area contributed by atoms with Crippen molar-refractivity contribution in [2.45, 2.75) is 46.9 Å². The average Bonchev–Trinajstić information content (AvgIpc) is 2.97. The van der Waals surface area contributed by atoms with Gasteiger partial charge >= 0.3 is 0 Å². The van der Waals surface area contributed by atoms with E-state index in [0.29, 0.717) is 18.7 Å². The summed E-state index contributed by atoms with van der Waals surface area (Å²) in [5.74, 6) is 0.725. The van der Waals surface area contributed by atoms with Crippen LogP contribution >= 0.6 is 0 Å². The quantitative estimate of drug-likeness (QED) is 0.669. The van der Waals surface area contributed by atoms with Crippen molar-refractivity contribution in [2.75, 3.05) is 0 Å². The molecule has 0 bridgehead atoms. The molecule has 0 aliphatic carbocycles. The molecule has 1 aromatic heterocycles. The highest BCUT2D eigenvalue weighted by Gasteiger charge is 2.07. The number of nitrogens with zero attached hydrogens (tertiary/aromatic N) is 2. The summed E-state index contributed by atoms with van der Waals surface area (Å²) in [6.45, 7) is 9.18. The Balaban J connectivity index is 1.58. The van der Waals surface area contributed by atoms with Crippen LogP contribution in [-0.2, 0) is 13.1 Å². The number of aromatic nitrogens is 2. The molecule has 28 heavy (non-hydrogen) atoms. The number of rotatable bonds is 7. The summed E-state index contributed by atoms with van der Waals surface area (Å²) in [7, 11) is 0. The van der Waals surface area contributed by atoms with Crippen molar-refractivity contribution in [3.63, 3.8) is 0 Å². The maximum absolute atomic E-state index is 12.4. The number of ether oxygens (including phenoxy) is 1. The van der Waals surface area contributed by atoms with E-state index >= 15 is 0 Å². The second-order valence-electron chi connectivity index (χ2n) is 7.28. The molecule has 1 amide bonds. The average molecular weight is 377 g/mol. The molecule has 0 unspecified atom stereocenters. The van der Waals surface area contributed by atoms with Crippen molar-refractivity contribution >= 4 is 5.91 Å². The van der Waals surface area contributed by atoms with Crippen LogP contribution in [0.25, 0.3) is 0 Å². The monoisotopic (exact) mass is 377 g/mol. The third-order valence-corrected chi connectivity index (χ3v) is 4.38. The molecular weight excluding hydrogens is 350 g/mol. The molecule has 0 fully saturated rings. The van der Waals surface area contributed by atoms with Gasteiger partial charge < -0.3 is 10.1 Å². The molecule has 0 atom stereocenters. The molecule has 0 aliphatic rings. The normalized spacial score (nSPS) is 10.9. The van der Waals surface area contributed by atoms with E-state index in [1.807, 2.05) is 80.9 Å². The Morgan fingerprint density at radius 2 is 1.82 bits per heavy atom. The van der Waals surface area contributed by atoms with Gasteiger partial charge in [-0.3, -0.25) is 9.48 Å². The van der Waals surface area contributed by atoms with Crippen molar-refractivity contribution in [1.82, 2.24) is 15.1 Å². The zero-order chi connectivity index (χ0) is 20.1. The molecule has 5 nitrogen and oxygen atoms in total. The van der Waals surface area contributed by atoms with Crippen molar-refractivity contribution in [2.24, 2.45) is 0 Å². The van der Waals surface area contributed by atoms with E-state index in [4.69, 9.17) is 4.74 Å². The SMILES string of the molecule is Cc1cc(C)n(Cc2ccc(C(=O)NCc3cccc(OC(C)C)c3)cc2)n1.